The summed E-state index contributed by atoms with van der Waals surface area (Å²) in [5, 5.41) is 20.9. The predicted octanol–water partition coefficient (Wildman–Crippen LogP) is -3.05. The van der Waals surface area contributed by atoms with Gasteiger partial charge in [0.1, 0.15) is 0 Å². The third-order valence-electron chi connectivity index (χ3n) is 0. The number of rotatable bonds is 0. The quantitative estimate of drug-likeness (QED) is 0.295. The third-order valence-corrected chi connectivity index (χ3v) is 0. The van der Waals surface area contributed by atoms with Crippen LogP contribution in [0.4, 0.5) is 4.79 Å². The zero-order valence-electron chi connectivity index (χ0n) is 5.25. The van der Waals surface area contributed by atoms with Crippen molar-refractivity contribution in [1.82, 2.24) is 0 Å². The molecule has 3 N–H and O–H groups in total. The van der Waals surface area contributed by atoms with Gasteiger partial charge in [-0.05, 0) is 0 Å². The van der Waals surface area contributed by atoms with Crippen molar-refractivity contribution >= 4 is 6.16 Å². The maximum Gasteiger partial charge on any atom is 1.00 e. The smallest absolute Gasteiger partial charge is 1.00 e. The van der Waals surface area contributed by atoms with Gasteiger partial charge in [0.15, 0.2) is 0 Å². The van der Waals surface area contributed by atoms with Gasteiger partial charge in [0.2, 0.25) is 0 Å². The minimum Gasteiger partial charge on any atom is -1.00 e. The SMILES string of the molecule is CO.O=C(O)O.[H-].[Na+]. The molecule has 0 radical (unpaired) electrons. The molecule has 0 unspecified atom stereocenters. The first-order chi connectivity index (χ1) is 2.73. The van der Waals surface area contributed by atoms with E-state index in [1.165, 1.54) is 0 Å². The normalized spacial score (nSPS) is 4.29. The van der Waals surface area contributed by atoms with Gasteiger partial charge < -0.3 is 16.7 Å². The maximum absolute atomic E-state index is 8.56. The minimum atomic E-state index is -1.83. The van der Waals surface area contributed by atoms with Crippen LogP contribution in [0.25, 0.3) is 0 Å². The molecule has 0 atom stereocenters. The van der Waals surface area contributed by atoms with Gasteiger partial charge in [-0.1, -0.05) is 0 Å². The van der Waals surface area contributed by atoms with E-state index in [-0.39, 0.29) is 31.0 Å². The Balaban J connectivity index is -0.0000000183. The number of aliphatic hydroxyl groups is 1. The van der Waals surface area contributed by atoms with Gasteiger partial charge in [-0.25, -0.2) is 4.79 Å². The van der Waals surface area contributed by atoms with Crippen molar-refractivity contribution in [3.63, 3.8) is 0 Å². The molecule has 0 heterocycles. The van der Waals surface area contributed by atoms with Crippen LogP contribution < -0.4 is 29.6 Å². The largest absolute Gasteiger partial charge is 1.00 e. The van der Waals surface area contributed by atoms with Crippen LogP contribution in [0.5, 0.6) is 0 Å². The monoisotopic (exact) mass is 118 g/mol. The standard InChI is InChI=1S/CH2O3.CH4O.Na.H/c2-1(3)4;1-2;;/h(H2,2,3,4);2H,1H3;;/q;;+1;-1. The summed E-state index contributed by atoms with van der Waals surface area (Å²) in [7, 11) is 1.00. The maximum atomic E-state index is 8.56. The molecule has 4 nitrogen and oxygen atoms in total. The number of aliphatic hydroxyl groups excluding tert-OH is 1. The van der Waals surface area contributed by atoms with Crippen LogP contribution in [-0.2, 0) is 0 Å². The molecular formula is C2H7NaO4. The summed E-state index contributed by atoms with van der Waals surface area (Å²) in [6.07, 6.45) is -1.83. The molecule has 40 valence electrons. The van der Waals surface area contributed by atoms with E-state index >= 15 is 0 Å². The Bertz CT molecular complexity index is 37.0. The zero-order valence-corrected chi connectivity index (χ0v) is 6.25. The molecule has 0 saturated heterocycles. The summed E-state index contributed by atoms with van der Waals surface area (Å²) in [6, 6.07) is 0. The molecule has 0 fully saturated rings. The van der Waals surface area contributed by atoms with Gasteiger partial charge in [-0.15, -0.1) is 0 Å². The Morgan fingerprint density at radius 1 is 1.43 bits per heavy atom. The van der Waals surface area contributed by atoms with E-state index in [1.54, 1.807) is 0 Å². The summed E-state index contributed by atoms with van der Waals surface area (Å²) in [6.45, 7) is 0. The first kappa shape index (κ1) is 15.7. The topological polar surface area (TPSA) is 77.8 Å². The minimum absolute atomic E-state index is 0. The van der Waals surface area contributed by atoms with Crippen molar-refractivity contribution in [1.29, 1.82) is 0 Å². The summed E-state index contributed by atoms with van der Waals surface area (Å²) in [5.74, 6) is 0. The first-order valence-corrected chi connectivity index (χ1v) is 1.10. The van der Waals surface area contributed by atoms with Crippen molar-refractivity contribution in [3.05, 3.63) is 0 Å². The Morgan fingerprint density at radius 2 is 1.43 bits per heavy atom. The van der Waals surface area contributed by atoms with Crippen molar-refractivity contribution in [2.24, 2.45) is 0 Å². The van der Waals surface area contributed by atoms with Crippen LogP contribution in [0.2, 0.25) is 0 Å². The molecule has 0 aliphatic carbocycles. The third kappa shape index (κ3) is 2110. The fourth-order valence-corrected chi connectivity index (χ4v) is 0. The van der Waals surface area contributed by atoms with Gasteiger partial charge >= 0.3 is 35.7 Å². The second-order valence-electron chi connectivity index (χ2n) is 0.283. The summed E-state index contributed by atoms with van der Waals surface area (Å²) in [5.41, 5.74) is 0. The average Bonchev–Trinajstić information content (AvgIpc) is 1.41. The number of carboxylic acid groups (broad SMARTS) is 2. The number of hydrogen-bond acceptors (Lipinski definition) is 2. The molecule has 5 heteroatoms. The van der Waals surface area contributed by atoms with Crippen molar-refractivity contribution in [2.75, 3.05) is 7.11 Å². The molecule has 0 spiro atoms. The molecule has 0 aromatic carbocycles. The molecule has 0 aromatic rings. The van der Waals surface area contributed by atoms with Crippen LogP contribution in [0, 0.1) is 0 Å². The molecule has 0 saturated carbocycles. The first-order valence-electron chi connectivity index (χ1n) is 1.10. The fourth-order valence-electron chi connectivity index (χ4n) is 0. The van der Waals surface area contributed by atoms with Crippen LogP contribution in [0.3, 0.4) is 0 Å². The Kier molecular flexibility index (Phi) is 36.6. The van der Waals surface area contributed by atoms with E-state index in [0.717, 1.165) is 7.11 Å². The predicted molar refractivity (Wildman–Crippen MR) is 19.9 cm³/mol. The summed E-state index contributed by atoms with van der Waals surface area (Å²) in [4.78, 5) is 8.56. The molecule has 0 rings (SSSR count). The average molecular weight is 118 g/mol. The van der Waals surface area contributed by atoms with E-state index in [9.17, 15) is 0 Å². The fraction of sp³-hybridized carbons (Fsp3) is 0.500. The van der Waals surface area contributed by atoms with E-state index in [2.05, 4.69) is 0 Å². The molecule has 0 aliphatic rings. The molecule has 7 heavy (non-hydrogen) atoms. The van der Waals surface area contributed by atoms with E-state index in [1.807, 2.05) is 0 Å². The van der Waals surface area contributed by atoms with Crippen LogP contribution in [0.1, 0.15) is 1.43 Å². The second-order valence-corrected chi connectivity index (χ2v) is 0.283. The summed E-state index contributed by atoms with van der Waals surface area (Å²) >= 11 is 0. The van der Waals surface area contributed by atoms with Crippen molar-refractivity contribution in [3.8, 4) is 0 Å². The van der Waals surface area contributed by atoms with E-state index in [4.69, 9.17) is 20.1 Å². The van der Waals surface area contributed by atoms with Gasteiger partial charge in [-0.2, -0.15) is 0 Å². The van der Waals surface area contributed by atoms with E-state index < -0.39 is 6.16 Å². The number of carbonyl (C=O) groups is 1. The van der Waals surface area contributed by atoms with Gasteiger partial charge in [0, 0.05) is 7.11 Å². The number of hydrogen-bond donors (Lipinski definition) is 3. The molecule has 0 aliphatic heterocycles. The zero-order chi connectivity index (χ0) is 5.58. The summed E-state index contributed by atoms with van der Waals surface area (Å²) < 4.78 is 0. The van der Waals surface area contributed by atoms with Crippen LogP contribution in [-0.4, -0.2) is 28.6 Å². The molecule has 0 bridgehead atoms. The molecule has 0 amide bonds. The van der Waals surface area contributed by atoms with Crippen LogP contribution >= 0.6 is 0 Å². The Morgan fingerprint density at radius 3 is 1.43 bits per heavy atom. The van der Waals surface area contributed by atoms with Crippen LogP contribution in [0.15, 0.2) is 0 Å². The Hall–Kier alpha value is 0.230. The van der Waals surface area contributed by atoms with Crippen molar-refractivity contribution in [2.45, 2.75) is 0 Å². The van der Waals surface area contributed by atoms with E-state index in [0.29, 0.717) is 0 Å². The van der Waals surface area contributed by atoms with Gasteiger partial charge in [0.05, 0.1) is 0 Å². The van der Waals surface area contributed by atoms with Gasteiger partial charge in [-0.3, -0.25) is 0 Å². The second kappa shape index (κ2) is 16.3. The van der Waals surface area contributed by atoms with Gasteiger partial charge in [0.25, 0.3) is 0 Å². The molecule has 0 aromatic heterocycles. The Labute approximate surface area is 64.6 Å². The van der Waals surface area contributed by atoms with Crippen molar-refractivity contribution < 1.29 is 51.1 Å². The molecular weight excluding hydrogens is 111 g/mol.